The zero-order valence-electron chi connectivity index (χ0n) is 61.3. The molecule has 0 aromatic carbocycles. The van der Waals surface area contributed by atoms with Gasteiger partial charge in [-0.1, -0.05) is 136 Å². The number of alkyl carbamates (subject to hydrolysis) is 2. The Hall–Kier alpha value is -1.23. The van der Waals surface area contributed by atoms with Gasteiger partial charge in [-0.2, -0.15) is 0 Å². The Morgan fingerprint density at radius 1 is 0.516 bits per heavy atom. The predicted octanol–water partition coefficient (Wildman–Crippen LogP) is 5.88. The van der Waals surface area contributed by atoms with Crippen LogP contribution in [0.15, 0.2) is 0 Å². The monoisotopic (exact) mass is 1590 g/mol. The molecular weight excluding hydrogens is 1470 g/mol. The minimum absolute atomic E-state index is 0. The van der Waals surface area contributed by atoms with Crippen LogP contribution in [0.4, 0.5) is 9.59 Å². The SMILES string of the molecule is CC(C)C=O.CC(C)C[C@H](CNC(=O)OC(C)(C)C)CC(=O)O.CCC(=O)Cl.CCC(=O)OC(Cl)C(C)C.CCC(=O)OC(OC(=O)C[C@@H](CN)CC(C)C)C(C)C.CCC(=O)OC(OC(=O)C[C@@H](CNC(=O)OC(C)(C)C)CC(C)C)C(C)C.O=CO[O-].[Cs+].[Cs+].[H-]. The molecule has 0 aromatic rings. The first-order valence-electron chi connectivity index (χ1n) is 30.6. The average molecular weight is 1590 g/mol. The Balaban J connectivity index is -0.000000116. The molecule has 0 fully saturated rings. The van der Waals surface area contributed by atoms with Crippen molar-refractivity contribution in [3.8, 4) is 0 Å². The van der Waals surface area contributed by atoms with Crippen molar-refractivity contribution in [2.75, 3.05) is 19.6 Å². The summed E-state index contributed by atoms with van der Waals surface area (Å²) in [7, 11) is 0. The van der Waals surface area contributed by atoms with Crippen molar-refractivity contribution in [1.29, 1.82) is 0 Å². The van der Waals surface area contributed by atoms with E-state index >= 15 is 0 Å². The number of nitrogens with one attached hydrogen (secondary N) is 2. The number of hydrogen-bond acceptors (Lipinski definition) is 21. The number of carbonyl (C=O) groups excluding carboxylic acids is 10. The number of hydrogen-bond donors (Lipinski definition) is 4. The first-order chi connectivity index (χ1) is 40.8. The van der Waals surface area contributed by atoms with Gasteiger partial charge >= 0.3 is 186 Å². The third kappa shape index (κ3) is 86.8. The predicted molar refractivity (Wildman–Crippen MR) is 341 cm³/mol. The summed E-state index contributed by atoms with van der Waals surface area (Å²) in [5.74, 6) is -1.32. The van der Waals surface area contributed by atoms with Crippen LogP contribution < -0.4 is 159 Å². The van der Waals surface area contributed by atoms with E-state index in [1.807, 2.05) is 83.1 Å². The summed E-state index contributed by atoms with van der Waals surface area (Å²) in [5.41, 5.74) is 4.07. The third-order valence-electron chi connectivity index (χ3n) is 10.3. The van der Waals surface area contributed by atoms with Gasteiger partial charge in [0.05, 0.1) is 6.42 Å². The molecule has 0 aromatic heterocycles. The largest absolute Gasteiger partial charge is 1.00 e. The van der Waals surface area contributed by atoms with Gasteiger partial charge in [0, 0.05) is 75.3 Å². The van der Waals surface area contributed by atoms with Gasteiger partial charge in [0.25, 0.3) is 6.47 Å². The summed E-state index contributed by atoms with van der Waals surface area (Å²) in [5, 5.41) is 22.3. The summed E-state index contributed by atoms with van der Waals surface area (Å²) in [6.07, 6.45) is 2.34. The maximum Gasteiger partial charge on any atom is 1.00 e. The molecule has 0 saturated heterocycles. The van der Waals surface area contributed by atoms with E-state index in [0.717, 1.165) is 25.5 Å². The molecular formula is C63H119Cl2Cs2N3O21. The van der Waals surface area contributed by atoms with E-state index in [9.17, 15) is 47.9 Å². The number of carboxylic acid groups (broad SMARTS) is 1. The molecule has 91 heavy (non-hydrogen) atoms. The van der Waals surface area contributed by atoms with Crippen LogP contribution in [-0.4, -0.2) is 120 Å². The summed E-state index contributed by atoms with van der Waals surface area (Å²) < 4.78 is 36.0. The van der Waals surface area contributed by atoms with E-state index in [1.165, 1.54) is 0 Å². The number of aldehydes is 1. The first kappa shape index (κ1) is 108. The number of amides is 2. The van der Waals surface area contributed by atoms with Crippen LogP contribution in [0.1, 0.15) is 232 Å². The molecule has 5 N–H and O–H groups in total. The van der Waals surface area contributed by atoms with Crippen molar-refractivity contribution < 1.29 is 240 Å². The van der Waals surface area contributed by atoms with Crippen LogP contribution in [0, 0.1) is 59.2 Å². The van der Waals surface area contributed by atoms with Gasteiger partial charge in [-0.15, -0.1) is 0 Å². The standard InChI is InChI=1S/C20H37NO6.C15H29NO4.C13H25NO4.C7H13ClO2.C4H8O.C3H5ClO.CH2O3.2Cs.H/c1-9-16(22)25-18(14(4)5)26-17(23)11-15(10-13(2)3)12-21-19(24)27-20(6,7)8;1-6-13(17)19-15(11(4)5)20-14(18)8-12(9-16)7-10(2)3;1-9(2)6-10(7-11(15)16)8-14-12(17)18-13(3,4)5;1-4-6(9)10-7(8)5(2)3;1-4(2)3-5;1-2-3(4)5;2-1-4-3;;;/h13-15,18H,9-12H2,1-8H3,(H,21,24);10-12,15H,6-9,16H2,1-5H3;9-10H,6-8H2,1-5H3,(H,14,17)(H,15,16);5,7H,4H2,1-3H3;3-4H,1-2H3;2H2,1H3;1,3H;;;/q;;;;;;;2*+1;-1/p-1/t15-,18?;12-,15?;10-;;;;;;;/m000......./s1. The Kier molecular flexibility index (Phi) is 78.7. The van der Waals surface area contributed by atoms with Crippen LogP contribution in [0.3, 0.4) is 0 Å². The second-order valence-corrected chi connectivity index (χ2v) is 26.0. The Morgan fingerprint density at radius 3 is 1.01 bits per heavy atom. The van der Waals surface area contributed by atoms with Crippen LogP contribution in [0.2, 0.25) is 0 Å². The molecule has 0 aliphatic heterocycles. The number of ether oxygens (including phenoxy) is 7. The third-order valence-corrected chi connectivity index (χ3v) is 11.2. The number of alkyl halides is 1. The molecule has 0 aliphatic rings. The molecule has 528 valence electrons. The van der Waals surface area contributed by atoms with Crippen LogP contribution in [-0.2, 0) is 81.2 Å². The average Bonchev–Trinajstić information content (AvgIpc) is 2.91. The zero-order valence-corrected chi connectivity index (χ0v) is 74.4. The molecule has 6 atom stereocenters. The first-order valence-corrected chi connectivity index (χ1v) is 31.4. The maximum absolute atomic E-state index is 12.3. The van der Waals surface area contributed by atoms with Crippen molar-refractivity contribution in [3.05, 3.63) is 0 Å². The van der Waals surface area contributed by atoms with E-state index in [1.54, 1.807) is 69.2 Å². The summed E-state index contributed by atoms with van der Waals surface area (Å²) >= 11 is 10.5. The molecule has 2 amide bonds. The summed E-state index contributed by atoms with van der Waals surface area (Å²) in [6.45, 7) is 45.7. The van der Waals surface area contributed by atoms with E-state index < -0.39 is 59.4 Å². The van der Waals surface area contributed by atoms with Gasteiger partial charge in [0.1, 0.15) is 17.5 Å². The molecule has 0 radical (unpaired) electrons. The van der Waals surface area contributed by atoms with Crippen molar-refractivity contribution >= 4 is 89.2 Å². The molecule has 3 unspecified atom stereocenters. The molecule has 24 nitrogen and oxygen atoms in total. The van der Waals surface area contributed by atoms with Gasteiger partial charge in [0.2, 0.25) is 17.8 Å². The van der Waals surface area contributed by atoms with E-state index in [-0.39, 0.29) is 242 Å². The van der Waals surface area contributed by atoms with Gasteiger partial charge in [-0.05, 0) is 114 Å². The number of carbonyl (C=O) groups is 11. The number of esters is 5. The Bertz CT molecular complexity index is 1940. The minimum atomic E-state index is -0.900. The van der Waals surface area contributed by atoms with Gasteiger partial charge in [-0.3, -0.25) is 38.4 Å². The van der Waals surface area contributed by atoms with Crippen molar-refractivity contribution in [3.63, 3.8) is 0 Å². The quantitative estimate of drug-likeness (QED) is 0.00919. The number of rotatable bonds is 31. The summed E-state index contributed by atoms with van der Waals surface area (Å²) in [6, 6.07) is 0. The topological polar surface area (TPSA) is 355 Å². The zero-order chi connectivity index (χ0) is 71.4. The summed E-state index contributed by atoms with van der Waals surface area (Å²) in [4.78, 5) is 122. The van der Waals surface area contributed by atoms with E-state index in [2.05, 4.69) is 29.4 Å². The molecule has 0 heterocycles. The molecule has 0 spiro atoms. The maximum atomic E-state index is 12.3. The van der Waals surface area contributed by atoms with Crippen molar-refractivity contribution in [2.45, 2.75) is 260 Å². The fourth-order valence-electron chi connectivity index (χ4n) is 6.26. The fraction of sp³-hybridized carbons (Fsp3) is 0.825. The van der Waals surface area contributed by atoms with Crippen LogP contribution >= 0.6 is 23.2 Å². The number of aliphatic carboxylic acids is 1. The van der Waals surface area contributed by atoms with E-state index in [4.69, 9.17) is 77.3 Å². The second kappa shape index (κ2) is 66.0. The minimum Gasteiger partial charge on any atom is -1.00 e. The van der Waals surface area contributed by atoms with Crippen molar-refractivity contribution in [1.82, 2.24) is 10.6 Å². The van der Waals surface area contributed by atoms with Crippen LogP contribution in [0.25, 0.3) is 0 Å². The molecule has 28 heteroatoms. The second-order valence-electron chi connectivity index (χ2n) is 25.1. The smallest absolute Gasteiger partial charge is 1.00 e. The van der Waals surface area contributed by atoms with E-state index in [0.29, 0.717) is 50.2 Å². The van der Waals surface area contributed by atoms with Crippen LogP contribution in [0.5, 0.6) is 0 Å². The van der Waals surface area contributed by atoms with Crippen molar-refractivity contribution in [2.24, 2.45) is 64.9 Å². The van der Waals surface area contributed by atoms with Gasteiger partial charge < -0.3 is 71.0 Å². The number of halogens is 2. The number of nitrogens with two attached hydrogens (primary N) is 1. The Morgan fingerprint density at radius 2 is 0.791 bits per heavy atom. The molecule has 0 saturated carbocycles. The van der Waals surface area contributed by atoms with Gasteiger partial charge in [0.15, 0.2) is 5.56 Å². The Labute approximate surface area is 675 Å². The molecule has 0 rings (SSSR count). The molecule has 0 aliphatic carbocycles. The fourth-order valence-corrected chi connectivity index (χ4v) is 6.36. The number of carboxylic acids is 1. The van der Waals surface area contributed by atoms with Gasteiger partial charge in [-0.25, -0.2) is 9.59 Å². The normalized spacial score (nSPS) is 12.4. The molecule has 0 bridgehead atoms.